The van der Waals surface area contributed by atoms with Gasteiger partial charge in [-0.15, -0.1) is 0 Å². The summed E-state index contributed by atoms with van der Waals surface area (Å²) < 4.78 is 0. The van der Waals surface area contributed by atoms with Crippen molar-refractivity contribution in [3.8, 4) is 0 Å². The van der Waals surface area contributed by atoms with Gasteiger partial charge >= 0.3 is 0 Å². The van der Waals surface area contributed by atoms with E-state index in [1.165, 1.54) is 5.56 Å². The fourth-order valence-corrected chi connectivity index (χ4v) is 1.09. The van der Waals surface area contributed by atoms with Gasteiger partial charge in [0.15, 0.2) is 0 Å². The third-order valence-corrected chi connectivity index (χ3v) is 1.67. The average Bonchev–Trinajstić information content (AvgIpc) is 2.36. The highest BCUT2D eigenvalue weighted by Gasteiger charge is 1.95. The van der Waals surface area contributed by atoms with Gasteiger partial charge in [-0.1, -0.05) is 52.0 Å². The minimum absolute atomic E-state index is 0.984. The normalized spacial score (nSPS) is 8.62. The molecule has 0 radical (unpaired) electrons. The zero-order valence-corrected chi connectivity index (χ0v) is 11.5. The van der Waals surface area contributed by atoms with Gasteiger partial charge in [0.1, 0.15) is 0 Å². The molecule has 0 aliphatic rings. The number of aliphatic imine (C=N–C) groups is 1. The van der Waals surface area contributed by atoms with Crippen molar-refractivity contribution >= 4 is 18.0 Å². The Hall–Kier alpha value is -1.37. The highest BCUT2D eigenvalue weighted by atomic mass is 14.7. The molecule has 0 saturated carbocycles. The molecule has 1 aromatic rings. The number of hydrogen-bond acceptors (Lipinski definition) is 1. The smallest absolute Gasteiger partial charge is 0.0697 e. The van der Waals surface area contributed by atoms with Gasteiger partial charge in [-0.2, -0.15) is 0 Å². The van der Waals surface area contributed by atoms with Crippen molar-refractivity contribution in [3.05, 3.63) is 35.9 Å². The maximum Gasteiger partial charge on any atom is 0.0697 e. The molecule has 1 aromatic carbocycles. The molecule has 0 atom stereocenters. The van der Waals surface area contributed by atoms with Gasteiger partial charge in [0, 0.05) is 6.21 Å². The Bertz CT molecular complexity index is 311. The third kappa shape index (κ3) is 6.18. The topological polar surface area (TPSA) is 12.4 Å². The Balaban J connectivity index is 0. The summed E-state index contributed by atoms with van der Waals surface area (Å²) in [6.45, 7) is 15.7. The van der Waals surface area contributed by atoms with E-state index in [2.05, 4.69) is 30.6 Å². The predicted molar refractivity (Wildman–Crippen MR) is 77.8 cm³/mol. The second-order valence-electron chi connectivity index (χ2n) is 2.65. The van der Waals surface area contributed by atoms with Gasteiger partial charge < -0.3 is 0 Å². The molecule has 90 valence electrons. The fraction of sp³-hybridized carbons (Fsp3) is 0.400. The lowest BCUT2D eigenvalue weighted by atomic mass is 10.1. The quantitative estimate of drug-likeness (QED) is 0.589. The lowest BCUT2D eigenvalue weighted by molar-refractivity contribution is 1.42. The van der Waals surface area contributed by atoms with E-state index < -0.39 is 0 Å². The molecule has 0 fully saturated rings. The molecule has 0 aromatic heterocycles. The van der Waals surface area contributed by atoms with Gasteiger partial charge in [-0.25, -0.2) is 0 Å². The van der Waals surface area contributed by atoms with E-state index in [9.17, 15) is 0 Å². The van der Waals surface area contributed by atoms with Gasteiger partial charge in [0.05, 0.1) is 5.69 Å². The standard InChI is InChI=1S/C11H13N.2C2H6/c1-4-10-8-9(3)6-7-11(10)12-5-2;2*1-2/h4-8H,1H2,2-3H3;2*1-2H3. The Kier molecular flexibility index (Phi) is 12.5. The van der Waals surface area contributed by atoms with Crippen molar-refractivity contribution in [2.24, 2.45) is 4.99 Å². The minimum atomic E-state index is 0.984. The summed E-state index contributed by atoms with van der Waals surface area (Å²) in [6.07, 6.45) is 3.62. The lowest BCUT2D eigenvalue weighted by Crippen LogP contribution is -1.77. The lowest BCUT2D eigenvalue weighted by Gasteiger charge is -2.00. The van der Waals surface area contributed by atoms with Crippen molar-refractivity contribution in [2.45, 2.75) is 41.5 Å². The number of rotatable bonds is 2. The molecule has 0 N–H and O–H groups in total. The monoisotopic (exact) mass is 219 g/mol. The zero-order chi connectivity index (χ0) is 13.0. The van der Waals surface area contributed by atoms with E-state index in [-0.39, 0.29) is 0 Å². The molecule has 0 bridgehead atoms. The first-order valence-electron chi connectivity index (χ1n) is 5.99. The van der Waals surface area contributed by atoms with Crippen molar-refractivity contribution in [1.29, 1.82) is 0 Å². The minimum Gasteiger partial charge on any atom is -0.261 e. The van der Waals surface area contributed by atoms with Crippen LogP contribution in [0.2, 0.25) is 0 Å². The van der Waals surface area contributed by atoms with Gasteiger partial charge in [0.2, 0.25) is 0 Å². The van der Waals surface area contributed by atoms with E-state index in [0.29, 0.717) is 0 Å². The Morgan fingerprint density at radius 1 is 1.12 bits per heavy atom. The SMILES string of the molecule is C=Cc1cc(C)ccc1N=CC.CC.CC. The van der Waals surface area contributed by atoms with Crippen LogP contribution in [0.3, 0.4) is 0 Å². The maximum atomic E-state index is 4.22. The van der Waals surface area contributed by atoms with Gasteiger partial charge in [-0.3, -0.25) is 4.99 Å². The first kappa shape index (κ1) is 17.0. The van der Waals surface area contributed by atoms with Crippen LogP contribution in [0.1, 0.15) is 45.7 Å². The molecule has 0 spiro atoms. The number of benzene rings is 1. The van der Waals surface area contributed by atoms with E-state index in [1.54, 1.807) is 6.21 Å². The molecule has 0 unspecified atom stereocenters. The van der Waals surface area contributed by atoms with Crippen LogP contribution in [-0.4, -0.2) is 6.21 Å². The second-order valence-corrected chi connectivity index (χ2v) is 2.65. The molecule has 1 heteroatoms. The van der Waals surface area contributed by atoms with Gasteiger partial charge in [0.25, 0.3) is 0 Å². The fourth-order valence-electron chi connectivity index (χ4n) is 1.09. The Morgan fingerprint density at radius 2 is 1.69 bits per heavy atom. The van der Waals surface area contributed by atoms with Crippen molar-refractivity contribution in [2.75, 3.05) is 0 Å². The van der Waals surface area contributed by atoms with Crippen molar-refractivity contribution < 1.29 is 0 Å². The first-order chi connectivity index (χ1) is 7.77. The van der Waals surface area contributed by atoms with Crippen molar-refractivity contribution in [1.82, 2.24) is 0 Å². The summed E-state index contributed by atoms with van der Waals surface area (Å²) >= 11 is 0. The molecule has 16 heavy (non-hydrogen) atoms. The van der Waals surface area contributed by atoms with Crippen LogP contribution < -0.4 is 0 Å². The van der Waals surface area contributed by atoms with Crippen LogP contribution in [0.25, 0.3) is 6.08 Å². The van der Waals surface area contributed by atoms with E-state index >= 15 is 0 Å². The predicted octanol–water partition coefficient (Wildman–Crippen LogP) is 5.41. The number of aryl methyl sites for hydroxylation is 1. The molecular formula is C15H25N. The van der Waals surface area contributed by atoms with Crippen LogP contribution in [0.4, 0.5) is 5.69 Å². The summed E-state index contributed by atoms with van der Waals surface area (Å²) in [4.78, 5) is 4.22. The van der Waals surface area contributed by atoms with Crippen LogP contribution in [0, 0.1) is 6.92 Å². The van der Waals surface area contributed by atoms with E-state index in [1.807, 2.05) is 46.8 Å². The van der Waals surface area contributed by atoms with Gasteiger partial charge in [-0.05, 0) is 31.5 Å². The zero-order valence-electron chi connectivity index (χ0n) is 11.5. The van der Waals surface area contributed by atoms with Crippen molar-refractivity contribution in [3.63, 3.8) is 0 Å². The molecule has 0 heterocycles. The molecule has 0 amide bonds. The molecule has 1 rings (SSSR count). The van der Waals surface area contributed by atoms with Crippen LogP contribution >= 0.6 is 0 Å². The number of nitrogens with zero attached hydrogens (tertiary/aromatic N) is 1. The molecular weight excluding hydrogens is 194 g/mol. The summed E-state index contributed by atoms with van der Waals surface area (Å²) in [7, 11) is 0. The molecule has 1 nitrogen and oxygen atoms in total. The van der Waals surface area contributed by atoms with Crippen LogP contribution in [0.5, 0.6) is 0 Å². The highest BCUT2D eigenvalue weighted by molar-refractivity contribution is 5.69. The Morgan fingerprint density at radius 3 is 2.12 bits per heavy atom. The van der Waals surface area contributed by atoms with Crippen LogP contribution in [-0.2, 0) is 0 Å². The van der Waals surface area contributed by atoms with Crippen LogP contribution in [0.15, 0.2) is 29.8 Å². The summed E-state index contributed by atoms with van der Waals surface area (Å²) in [5.74, 6) is 0. The largest absolute Gasteiger partial charge is 0.261 e. The second kappa shape index (κ2) is 11.7. The average molecular weight is 219 g/mol. The summed E-state index contributed by atoms with van der Waals surface area (Å²) in [5, 5.41) is 0. The number of hydrogen-bond donors (Lipinski definition) is 0. The Labute approximate surface area is 101 Å². The summed E-state index contributed by atoms with van der Waals surface area (Å²) in [5.41, 5.74) is 3.31. The third-order valence-electron chi connectivity index (χ3n) is 1.67. The first-order valence-corrected chi connectivity index (χ1v) is 5.99. The molecule has 0 aliphatic carbocycles. The van der Waals surface area contributed by atoms with E-state index in [0.717, 1.165) is 11.3 Å². The summed E-state index contributed by atoms with van der Waals surface area (Å²) in [6, 6.07) is 6.14. The van der Waals surface area contributed by atoms with E-state index in [4.69, 9.17) is 0 Å². The highest BCUT2D eigenvalue weighted by Crippen LogP contribution is 2.20. The molecule has 0 saturated heterocycles. The molecule has 0 aliphatic heterocycles. The maximum absolute atomic E-state index is 4.22.